The molecular weight excluding hydrogens is 318 g/mol. The number of hydrogen-bond acceptors (Lipinski definition) is 6. The van der Waals surface area contributed by atoms with Crippen molar-refractivity contribution < 1.29 is 4.92 Å². The Hall–Kier alpha value is -2.98. The topological polar surface area (TPSA) is 86.3 Å². The summed E-state index contributed by atoms with van der Waals surface area (Å²) in [6, 6.07) is 12.8. The van der Waals surface area contributed by atoms with Gasteiger partial charge in [0.05, 0.1) is 16.6 Å². The van der Waals surface area contributed by atoms with E-state index in [0.717, 1.165) is 38.2 Å². The Balaban J connectivity index is 1.66. The van der Waals surface area contributed by atoms with Crippen LogP contribution in [0.4, 0.5) is 11.5 Å². The Morgan fingerprint density at radius 1 is 1.16 bits per heavy atom. The Kier molecular flexibility index (Phi) is 5.21. The van der Waals surface area contributed by atoms with Gasteiger partial charge in [0.25, 0.3) is 0 Å². The van der Waals surface area contributed by atoms with Crippen molar-refractivity contribution in [2.75, 3.05) is 31.1 Å². The molecule has 0 unspecified atom stereocenters. The van der Waals surface area contributed by atoms with Gasteiger partial charge in [-0.25, -0.2) is 4.98 Å². The van der Waals surface area contributed by atoms with Gasteiger partial charge in [-0.05, 0) is 30.2 Å². The van der Waals surface area contributed by atoms with Crippen molar-refractivity contribution >= 4 is 11.5 Å². The molecule has 7 heteroatoms. The first kappa shape index (κ1) is 16.9. The van der Waals surface area contributed by atoms with Gasteiger partial charge in [-0.1, -0.05) is 12.1 Å². The number of nitriles is 1. The summed E-state index contributed by atoms with van der Waals surface area (Å²) in [5.74, 6) is 0.452. The van der Waals surface area contributed by atoms with Crippen molar-refractivity contribution in [2.24, 2.45) is 0 Å². The Labute approximate surface area is 146 Å². The Morgan fingerprint density at radius 2 is 1.96 bits per heavy atom. The van der Waals surface area contributed by atoms with E-state index in [1.54, 1.807) is 12.3 Å². The predicted octanol–water partition coefficient (Wildman–Crippen LogP) is 2.57. The van der Waals surface area contributed by atoms with E-state index in [2.05, 4.69) is 16.0 Å². The molecule has 0 bridgehead atoms. The van der Waals surface area contributed by atoms with E-state index in [-0.39, 0.29) is 10.6 Å². The van der Waals surface area contributed by atoms with E-state index in [1.165, 1.54) is 6.07 Å². The lowest BCUT2D eigenvalue weighted by molar-refractivity contribution is -0.384. The zero-order valence-corrected chi connectivity index (χ0v) is 13.8. The van der Waals surface area contributed by atoms with Crippen LogP contribution in [-0.2, 0) is 6.54 Å². The largest absolute Gasteiger partial charge is 0.350 e. The van der Waals surface area contributed by atoms with Gasteiger partial charge in [-0.15, -0.1) is 0 Å². The minimum atomic E-state index is -0.373. The highest BCUT2D eigenvalue weighted by atomic mass is 16.6. The molecule has 1 fully saturated rings. The number of rotatable bonds is 4. The van der Waals surface area contributed by atoms with Crippen LogP contribution in [0.2, 0.25) is 0 Å². The summed E-state index contributed by atoms with van der Waals surface area (Å²) in [5, 5.41) is 20.1. The summed E-state index contributed by atoms with van der Waals surface area (Å²) in [6.07, 6.45) is 2.52. The molecule has 3 rings (SSSR count). The normalized spacial score (nSPS) is 15.4. The molecule has 25 heavy (non-hydrogen) atoms. The van der Waals surface area contributed by atoms with Gasteiger partial charge in [0.15, 0.2) is 0 Å². The Bertz CT molecular complexity index is 785. The summed E-state index contributed by atoms with van der Waals surface area (Å²) >= 11 is 0. The molecule has 0 atom stereocenters. The molecular formula is C18H19N5O2. The number of hydrogen-bond donors (Lipinski definition) is 0. The summed E-state index contributed by atoms with van der Waals surface area (Å²) in [4.78, 5) is 19.4. The fraction of sp³-hybridized carbons (Fsp3) is 0.333. The quantitative estimate of drug-likeness (QED) is 0.629. The van der Waals surface area contributed by atoms with Gasteiger partial charge in [0.1, 0.15) is 0 Å². The molecule has 0 radical (unpaired) electrons. The molecule has 7 nitrogen and oxygen atoms in total. The molecule has 128 valence electrons. The second kappa shape index (κ2) is 7.73. The monoisotopic (exact) mass is 337 g/mol. The summed E-state index contributed by atoms with van der Waals surface area (Å²) in [5.41, 5.74) is 1.88. The molecule has 1 aromatic heterocycles. The van der Waals surface area contributed by atoms with E-state index in [0.29, 0.717) is 17.9 Å². The van der Waals surface area contributed by atoms with Crippen LogP contribution >= 0.6 is 0 Å². The van der Waals surface area contributed by atoms with Crippen molar-refractivity contribution in [1.29, 1.82) is 5.26 Å². The van der Waals surface area contributed by atoms with Crippen molar-refractivity contribution in [3.63, 3.8) is 0 Å². The van der Waals surface area contributed by atoms with Gasteiger partial charge in [-0.2, -0.15) is 5.26 Å². The third-order valence-corrected chi connectivity index (χ3v) is 4.34. The smallest absolute Gasteiger partial charge is 0.311 e. The lowest BCUT2D eigenvalue weighted by Crippen LogP contribution is -2.31. The lowest BCUT2D eigenvalue weighted by atomic mass is 10.1. The minimum absolute atomic E-state index is 0.0584. The maximum Gasteiger partial charge on any atom is 0.311 e. The molecule has 1 aromatic carbocycles. The summed E-state index contributed by atoms with van der Waals surface area (Å²) in [7, 11) is 0. The molecule has 1 saturated heterocycles. The van der Waals surface area contributed by atoms with E-state index < -0.39 is 0 Å². The maximum atomic E-state index is 11.2. The standard InChI is InChI=1S/C18H19N5O2/c19-13-15-4-6-16(7-5-15)14-21-9-2-10-22(12-11-21)18-17(23(24)25)3-1-8-20-18/h1,3-8H,2,9-12,14H2. The molecule has 0 amide bonds. The summed E-state index contributed by atoms with van der Waals surface area (Å²) < 4.78 is 0. The number of nitro groups is 1. The van der Waals surface area contributed by atoms with E-state index >= 15 is 0 Å². The first-order chi connectivity index (χ1) is 12.2. The van der Waals surface area contributed by atoms with Crippen molar-refractivity contribution in [2.45, 2.75) is 13.0 Å². The third kappa shape index (κ3) is 4.11. The molecule has 1 aliphatic heterocycles. The lowest BCUT2D eigenvalue weighted by Gasteiger charge is -2.22. The highest BCUT2D eigenvalue weighted by molar-refractivity contribution is 5.57. The first-order valence-electron chi connectivity index (χ1n) is 8.23. The molecule has 2 aromatic rings. The molecule has 1 aliphatic rings. The Morgan fingerprint density at radius 3 is 2.68 bits per heavy atom. The summed E-state index contributed by atoms with van der Waals surface area (Å²) in [6.45, 7) is 4.00. The van der Waals surface area contributed by atoms with Crippen LogP contribution in [0.3, 0.4) is 0 Å². The van der Waals surface area contributed by atoms with Crippen molar-refractivity contribution in [3.8, 4) is 6.07 Å². The van der Waals surface area contributed by atoms with Gasteiger partial charge in [0.2, 0.25) is 5.82 Å². The van der Waals surface area contributed by atoms with Gasteiger partial charge in [-0.3, -0.25) is 15.0 Å². The number of aromatic nitrogens is 1. The van der Waals surface area contributed by atoms with Gasteiger partial charge in [0, 0.05) is 45.0 Å². The predicted molar refractivity (Wildman–Crippen MR) is 94.2 cm³/mol. The second-order valence-corrected chi connectivity index (χ2v) is 6.03. The van der Waals surface area contributed by atoms with Crippen molar-refractivity contribution in [1.82, 2.24) is 9.88 Å². The number of benzene rings is 1. The fourth-order valence-corrected chi connectivity index (χ4v) is 3.06. The molecule has 0 N–H and O–H groups in total. The highest BCUT2D eigenvalue weighted by Crippen LogP contribution is 2.25. The van der Waals surface area contributed by atoms with Crippen LogP contribution in [0.5, 0.6) is 0 Å². The van der Waals surface area contributed by atoms with Gasteiger partial charge < -0.3 is 4.90 Å². The van der Waals surface area contributed by atoms with Gasteiger partial charge >= 0.3 is 5.69 Å². The first-order valence-corrected chi connectivity index (χ1v) is 8.23. The van der Waals surface area contributed by atoms with Crippen LogP contribution < -0.4 is 4.90 Å². The van der Waals surface area contributed by atoms with Crippen LogP contribution in [-0.4, -0.2) is 41.0 Å². The van der Waals surface area contributed by atoms with Crippen LogP contribution in [0.25, 0.3) is 0 Å². The fourth-order valence-electron chi connectivity index (χ4n) is 3.06. The zero-order valence-electron chi connectivity index (χ0n) is 13.8. The number of anilines is 1. The van der Waals surface area contributed by atoms with Crippen LogP contribution in [0, 0.1) is 21.4 Å². The average Bonchev–Trinajstić information content (AvgIpc) is 2.88. The van der Waals surface area contributed by atoms with Crippen molar-refractivity contribution in [3.05, 3.63) is 63.8 Å². The minimum Gasteiger partial charge on any atom is -0.350 e. The number of nitrogens with zero attached hydrogens (tertiary/aromatic N) is 5. The highest BCUT2D eigenvalue weighted by Gasteiger charge is 2.23. The van der Waals surface area contributed by atoms with E-state index in [4.69, 9.17) is 5.26 Å². The molecule has 0 spiro atoms. The molecule has 0 saturated carbocycles. The zero-order chi connectivity index (χ0) is 17.6. The second-order valence-electron chi connectivity index (χ2n) is 6.03. The van der Waals surface area contributed by atoms with Crippen LogP contribution in [0.15, 0.2) is 42.6 Å². The van der Waals surface area contributed by atoms with Crippen LogP contribution in [0.1, 0.15) is 17.5 Å². The maximum absolute atomic E-state index is 11.2. The van der Waals surface area contributed by atoms with E-state index in [9.17, 15) is 10.1 Å². The molecule has 0 aliphatic carbocycles. The third-order valence-electron chi connectivity index (χ3n) is 4.34. The molecule has 2 heterocycles. The average molecular weight is 337 g/mol. The number of pyridine rings is 1. The van der Waals surface area contributed by atoms with E-state index in [1.807, 2.05) is 29.2 Å². The SMILES string of the molecule is N#Cc1ccc(CN2CCCN(c3ncccc3[N+](=O)[O-])CC2)cc1.